The minimum Gasteiger partial charge on any atom is -0.300 e. The van der Waals surface area contributed by atoms with Gasteiger partial charge < -0.3 is 0 Å². The van der Waals surface area contributed by atoms with Gasteiger partial charge in [0, 0.05) is 6.42 Å². The molecule has 0 N–H and O–H groups in total. The monoisotopic (exact) mass is 342 g/mol. The quantitative estimate of drug-likeness (QED) is 0.605. The fraction of sp³-hybridized carbons (Fsp3) is 0.190. The molecule has 4 heteroatoms. The minimum absolute atomic E-state index is 0.0592. The lowest BCUT2D eigenvalue weighted by Crippen LogP contribution is -2.05. The molecule has 3 aromatic rings. The number of hydrogen-bond donors (Lipinski definition) is 0. The van der Waals surface area contributed by atoms with Gasteiger partial charge in [-0.05, 0) is 52.9 Å². The van der Waals surface area contributed by atoms with Crippen LogP contribution in [0.25, 0.3) is 10.8 Å². The Morgan fingerprint density at radius 3 is 2.24 bits per heavy atom. The first kappa shape index (κ1) is 17.2. The highest BCUT2D eigenvalue weighted by atomic mass is 19.4. The van der Waals surface area contributed by atoms with Crippen LogP contribution in [0.2, 0.25) is 0 Å². The number of ketones is 1. The van der Waals surface area contributed by atoms with E-state index in [-0.39, 0.29) is 5.78 Å². The van der Waals surface area contributed by atoms with E-state index in [4.69, 9.17) is 0 Å². The summed E-state index contributed by atoms with van der Waals surface area (Å²) in [6, 6.07) is 17.0. The van der Waals surface area contributed by atoms with Crippen LogP contribution in [0.15, 0.2) is 60.7 Å². The van der Waals surface area contributed by atoms with Crippen molar-refractivity contribution in [2.45, 2.75) is 25.9 Å². The average Bonchev–Trinajstić information content (AvgIpc) is 2.56. The zero-order valence-electron chi connectivity index (χ0n) is 13.7. The third kappa shape index (κ3) is 3.90. The lowest BCUT2D eigenvalue weighted by atomic mass is 9.91. The fourth-order valence-corrected chi connectivity index (χ4v) is 3.04. The van der Waals surface area contributed by atoms with Gasteiger partial charge in [0.2, 0.25) is 0 Å². The van der Waals surface area contributed by atoms with E-state index in [2.05, 4.69) is 0 Å². The fourth-order valence-electron chi connectivity index (χ4n) is 3.04. The summed E-state index contributed by atoms with van der Waals surface area (Å²) in [7, 11) is 0. The number of halogens is 3. The molecule has 0 saturated heterocycles. The molecule has 0 aliphatic rings. The smallest absolute Gasteiger partial charge is 0.300 e. The summed E-state index contributed by atoms with van der Waals surface area (Å²) in [5, 5.41) is 2.08. The maximum Gasteiger partial charge on any atom is 0.416 e. The van der Waals surface area contributed by atoms with E-state index < -0.39 is 11.7 Å². The first-order valence-corrected chi connectivity index (χ1v) is 7.99. The van der Waals surface area contributed by atoms with Gasteiger partial charge in [0.1, 0.15) is 5.78 Å². The Hall–Kier alpha value is -2.62. The van der Waals surface area contributed by atoms with E-state index in [0.717, 1.165) is 39.6 Å². The van der Waals surface area contributed by atoms with Crippen molar-refractivity contribution >= 4 is 16.6 Å². The molecule has 3 aromatic carbocycles. The highest BCUT2D eigenvalue weighted by molar-refractivity contribution is 5.89. The Balaban J connectivity index is 2.03. The normalized spacial score (nSPS) is 11.7. The van der Waals surface area contributed by atoms with Gasteiger partial charge in [-0.25, -0.2) is 0 Å². The van der Waals surface area contributed by atoms with Crippen molar-refractivity contribution in [2.24, 2.45) is 0 Å². The second-order valence-corrected chi connectivity index (χ2v) is 6.17. The molecule has 25 heavy (non-hydrogen) atoms. The molecule has 0 radical (unpaired) electrons. The molecule has 0 aliphatic carbocycles. The molecular formula is C21H17F3O. The van der Waals surface area contributed by atoms with Crippen LogP contribution in [0.1, 0.15) is 29.2 Å². The number of fused-ring (bicyclic) bond motifs is 1. The Kier molecular flexibility index (Phi) is 4.62. The van der Waals surface area contributed by atoms with Crippen LogP contribution in [0, 0.1) is 0 Å². The van der Waals surface area contributed by atoms with Crippen LogP contribution < -0.4 is 0 Å². The van der Waals surface area contributed by atoms with Gasteiger partial charge in [-0.1, -0.05) is 48.5 Å². The summed E-state index contributed by atoms with van der Waals surface area (Å²) < 4.78 is 38.2. The van der Waals surface area contributed by atoms with Gasteiger partial charge in [-0.2, -0.15) is 13.2 Å². The molecule has 0 aliphatic heterocycles. The van der Waals surface area contributed by atoms with E-state index in [1.165, 1.54) is 19.1 Å². The molecule has 0 unspecified atom stereocenters. The highest BCUT2D eigenvalue weighted by Crippen LogP contribution is 2.30. The number of benzene rings is 3. The van der Waals surface area contributed by atoms with Gasteiger partial charge in [0.05, 0.1) is 5.56 Å². The molecule has 0 bridgehead atoms. The lowest BCUT2D eigenvalue weighted by Gasteiger charge is -2.13. The van der Waals surface area contributed by atoms with Crippen molar-refractivity contribution in [1.82, 2.24) is 0 Å². The standard InChI is InChI=1S/C21H17F3O/c1-14(25)12-17-9-8-16-4-2-3-5-19(16)20(17)13-15-6-10-18(11-7-15)21(22,23)24/h2-11H,12-13H2,1H3. The number of carbonyl (C=O) groups is 1. The SMILES string of the molecule is CC(=O)Cc1ccc2ccccc2c1Cc1ccc(C(F)(F)F)cc1. The molecule has 3 rings (SSSR count). The molecular weight excluding hydrogens is 325 g/mol. The highest BCUT2D eigenvalue weighted by Gasteiger charge is 2.29. The van der Waals surface area contributed by atoms with Crippen molar-refractivity contribution in [3.63, 3.8) is 0 Å². The van der Waals surface area contributed by atoms with Crippen LogP contribution in [0.4, 0.5) is 13.2 Å². The van der Waals surface area contributed by atoms with Gasteiger partial charge in [-0.15, -0.1) is 0 Å². The molecule has 0 atom stereocenters. The number of hydrogen-bond acceptors (Lipinski definition) is 1. The molecule has 0 spiro atoms. The second-order valence-electron chi connectivity index (χ2n) is 6.17. The van der Waals surface area contributed by atoms with Crippen LogP contribution in [0.3, 0.4) is 0 Å². The Bertz CT molecular complexity index is 909. The van der Waals surface area contributed by atoms with Gasteiger partial charge in [-0.3, -0.25) is 4.79 Å². The van der Waals surface area contributed by atoms with Crippen LogP contribution in [0.5, 0.6) is 0 Å². The van der Waals surface area contributed by atoms with Crippen LogP contribution in [-0.4, -0.2) is 5.78 Å². The Labute approximate surface area is 144 Å². The zero-order valence-corrected chi connectivity index (χ0v) is 13.7. The summed E-state index contributed by atoms with van der Waals surface area (Å²) in [5.74, 6) is 0.0592. The predicted octanol–water partition coefficient (Wildman–Crippen LogP) is 5.58. The van der Waals surface area contributed by atoms with Crippen LogP contribution in [-0.2, 0) is 23.8 Å². The average molecular weight is 342 g/mol. The molecule has 128 valence electrons. The molecule has 0 aromatic heterocycles. The minimum atomic E-state index is -4.34. The molecule has 0 fully saturated rings. The summed E-state index contributed by atoms with van der Waals surface area (Å²) >= 11 is 0. The molecule has 1 nitrogen and oxygen atoms in total. The topological polar surface area (TPSA) is 17.1 Å². The maximum absolute atomic E-state index is 12.7. The number of alkyl halides is 3. The summed E-state index contributed by atoms with van der Waals surface area (Å²) in [6.45, 7) is 1.54. The van der Waals surface area contributed by atoms with E-state index in [9.17, 15) is 18.0 Å². The van der Waals surface area contributed by atoms with Crippen LogP contribution >= 0.6 is 0 Å². The summed E-state index contributed by atoms with van der Waals surface area (Å²) in [5.41, 5.74) is 2.05. The third-order valence-electron chi connectivity index (χ3n) is 4.24. The molecule has 0 saturated carbocycles. The lowest BCUT2D eigenvalue weighted by molar-refractivity contribution is -0.137. The van der Waals surface area contributed by atoms with Gasteiger partial charge >= 0.3 is 6.18 Å². The zero-order chi connectivity index (χ0) is 18.0. The maximum atomic E-state index is 12.7. The number of rotatable bonds is 4. The van der Waals surface area contributed by atoms with Crippen molar-refractivity contribution < 1.29 is 18.0 Å². The third-order valence-corrected chi connectivity index (χ3v) is 4.24. The first-order valence-electron chi connectivity index (χ1n) is 7.99. The van der Waals surface area contributed by atoms with Crippen molar-refractivity contribution in [3.05, 3.63) is 82.9 Å². The largest absolute Gasteiger partial charge is 0.416 e. The summed E-state index contributed by atoms with van der Waals surface area (Å²) in [4.78, 5) is 11.6. The number of carbonyl (C=O) groups excluding carboxylic acids is 1. The summed E-state index contributed by atoms with van der Waals surface area (Å²) in [6.07, 6.45) is -3.53. The van der Waals surface area contributed by atoms with E-state index >= 15 is 0 Å². The van der Waals surface area contributed by atoms with E-state index in [1.54, 1.807) is 0 Å². The van der Waals surface area contributed by atoms with Gasteiger partial charge in [0.15, 0.2) is 0 Å². The predicted molar refractivity (Wildman–Crippen MR) is 92.6 cm³/mol. The second kappa shape index (κ2) is 6.71. The number of Topliss-reactive ketones (excluding diaryl/α,β-unsaturated/α-hetero) is 1. The Morgan fingerprint density at radius 2 is 1.60 bits per heavy atom. The molecule has 0 amide bonds. The first-order chi connectivity index (χ1) is 11.8. The van der Waals surface area contributed by atoms with Crippen molar-refractivity contribution in [1.29, 1.82) is 0 Å². The van der Waals surface area contributed by atoms with Gasteiger partial charge in [0.25, 0.3) is 0 Å². The van der Waals surface area contributed by atoms with Crippen molar-refractivity contribution in [3.8, 4) is 0 Å². The van der Waals surface area contributed by atoms with E-state index in [0.29, 0.717) is 12.8 Å². The van der Waals surface area contributed by atoms with E-state index in [1.807, 2.05) is 36.4 Å². The van der Waals surface area contributed by atoms with Crippen molar-refractivity contribution in [2.75, 3.05) is 0 Å². The molecule has 0 heterocycles. The Morgan fingerprint density at radius 1 is 0.920 bits per heavy atom.